The van der Waals surface area contributed by atoms with Crippen molar-refractivity contribution >= 4 is 56.4 Å². The van der Waals surface area contributed by atoms with Crippen molar-refractivity contribution in [2.75, 3.05) is 6.61 Å². The number of hydrogen-bond donors (Lipinski definition) is 2. The van der Waals surface area contributed by atoms with E-state index in [9.17, 15) is 9.59 Å². The minimum absolute atomic E-state index is 0.238. The van der Waals surface area contributed by atoms with Crippen LogP contribution < -0.4 is 15.8 Å². The van der Waals surface area contributed by atoms with E-state index in [4.69, 9.17) is 10.5 Å². The first-order valence-corrected chi connectivity index (χ1v) is 10.1. The number of nitrogens with zero attached hydrogens (tertiary/aromatic N) is 1. The normalized spacial score (nSPS) is 16.4. The predicted molar refractivity (Wildman–Crippen MR) is 115 cm³/mol. The molecule has 0 unspecified atom stereocenters. The number of amides is 2. The standard InChI is InChI=1S/C20H18BrN3O3S/c1-2-12-3-6-15(7-4-12)23-20-24-19(26)17(28-20)10-13-9-14(21)5-8-16(13)27-11-18(22)25/h3-10H,2,11H2,1H3,(H2,22,25)(H,23,24,26). The summed E-state index contributed by atoms with van der Waals surface area (Å²) in [4.78, 5) is 28.3. The number of carbonyl (C=O) groups excluding carboxylic acids is 2. The van der Waals surface area contributed by atoms with Crippen LogP contribution in [0.4, 0.5) is 5.69 Å². The quantitative estimate of drug-likeness (QED) is 0.642. The van der Waals surface area contributed by atoms with Crippen molar-refractivity contribution in [1.29, 1.82) is 0 Å². The molecule has 2 amide bonds. The average molecular weight is 460 g/mol. The molecule has 0 bridgehead atoms. The van der Waals surface area contributed by atoms with Crippen LogP contribution in [0.1, 0.15) is 18.1 Å². The number of carbonyl (C=O) groups is 2. The molecule has 0 spiro atoms. The summed E-state index contributed by atoms with van der Waals surface area (Å²) < 4.78 is 6.25. The van der Waals surface area contributed by atoms with Crippen LogP contribution in [0.2, 0.25) is 0 Å². The molecule has 8 heteroatoms. The molecule has 0 atom stereocenters. The molecule has 0 aromatic heterocycles. The van der Waals surface area contributed by atoms with Gasteiger partial charge in [0, 0.05) is 10.0 Å². The van der Waals surface area contributed by atoms with Gasteiger partial charge in [0.2, 0.25) is 0 Å². The van der Waals surface area contributed by atoms with Gasteiger partial charge in [-0.05, 0) is 60.2 Å². The van der Waals surface area contributed by atoms with Crippen molar-refractivity contribution in [3.05, 3.63) is 63.0 Å². The first-order valence-electron chi connectivity index (χ1n) is 8.54. The minimum Gasteiger partial charge on any atom is -0.483 e. The van der Waals surface area contributed by atoms with Crippen LogP contribution in [0, 0.1) is 0 Å². The third-order valence-corrected chi connectivity index (χ3v) is 5.26. The number of thioether (sulfide) groups is 1. The number of rotatable bonds is 6. The molecule has 3 rings (SSSR count). The largest absolute Gasteiger partial charge is 0.483 e. The van der Waals surface area contributed by atoms with Gasteiger partial charge in [-0.15, -0.1) is 0 Å². The highest BCUT2D eigenvalue weighted by atomic mass is 79.9. The smallest absolute Gasteiger partial charge is 0.264 e. The van der Waals surface area contributed by atoms with Crippen LogP contribution in [0.5, 0.6) is 5.75 Å². The van der Waals surface area contributed by atoms with Crippen LogP contribution in [-0.4, -0.2) is 23.6 Å². The number of primary amides is 1. The summed E-state index contributed by atoms with van der Waals surface area (Å²) in [5, 5.41) is 3.27. The third kappa shape index (κ3) is 5.24. The van der Waals surface area contributed by atoms with Crippen molar-refractivity contribution in [3.8, 4) is 5.75 Å². The van der Waals surface area contributed by atoms with Crippen LogP contribution in [0.25, 0.3) is 6.08 Å². The maximum absolute atomic E-state index is 12.3. The van der Waals surface area contributed by atoms with Gasteiger partial charge in [-0.25, -0.2) is 4.99 Å². The van der Waals surface area contributed by atoms with E-state index in [1.807, 2.05) is 24.3 Å². The summed E-state index contributed by atoms with van der Waals surface area (Å²) in [6, 6.07) is 13.2. The van der Waals surface area contributed by atoms with Gasteiger partial charge in [-0.1, -0.05) is 35.0 Å². The van der Waals surface area contributed by atoms with E-state index in [0.29, 0.717) is 21.4 Å². The molecule has 0 aliphatic carbocycles. The molecule has 1 aliphatic rings. The van der Waals surface area contributed by atoms with Crippen molar-refractivity contribution in [2.24, 2.45) is 10.7 Å². The van der Waals surface area contributed by atoms with Crippen molar-refractivity contribution in [3.63, 3.8) is 0 Å². The van der Waals surface area contributed by atoms with Crippen molar-refractivity contribution < 1.29 is 14.3 Å². The number of nitrogens with two attached hydrogens (primary N) is 1. The van der Waals surface area contributed by atoms with Gasteiger partial charge >= 0.3 is 0 Å². The van der Waals surface area contributed by atoms with E-state index >= 15 is 0 Å². The van der Waals surface area contributed by atoms with E-state index in [1.54, 1.807) is 24.3 Å². The Morgan fingerprint density at radius 1 is 1.29 bits per heavy atom. The Morgan fingerprint density at radius 3 is 2.71 bits per heavy atom. The molecule has 144 valence electrons. The van der Waals surface area contributed by atoms with Gasteiger partial charge in [0.05, 0.1) is 10.6 Å². The molecular formula is C20H18BrN3O3S. The number of nitrogens with one attached hydrogen (secondary N) is 1. The number of amidine groups is 1. The second-order valence-corrected chi connectivity index (χ2v) is 7.89. The molecule has 28 heavy (non-hydrogen) atoms. The zero-order chi connectivity index (χ0) is 20.1. The summed E-state index contributed by atoms with van der Waals surface area (Å²) in [7, 11) is 0. The lowest BCUT2D eigenvalue weighted by molar-refractivity contribution is -0.120. The first-order chi connectivity index (χ1) is 13.4. The van der Waals surface area contributed by atoms with Crippen molar-refractivity contribution in [1.82, 2.24) is 5.32 Å². The molecular weight excluding hydrogens is 442 g/mol. The zero-order valence-corrected chi connectivity index (χ0v) is 17.5. The number of aliphatic imine (C=N–C) groups is 1. The van der Waals surface area contributed by atoms with Crippen LogP contribution >= 0.6 is 27.7 Å². The Balaban J connectivity index is 1.83. The van der Waals surface area contributed by atoms with Gasteiger partial charge in [-0.2, -0.15) is 0 Å². The van der Waals surface area contributed by atoms with E-state index in [2.05, 4.69) is 33.2 Å². The Kier molecular flexibility index (Phi) is 6.53. The van der Waals surface area contributed by atoms with E-state index in [0.717, 1.165) is 16.6 Å². The molecule has 6 nitrogen and oxygen atoms in total. The fourth-order valence-corrected chi connectivity index (χ4v) is 3.67. The second kappa shape index (κ2) is 9.07. The van der Waals surface area contributed by atoms with E-state index in [1.165, 1.54) is 17.3 Å². The fourth-order valence-electron chi connectivity index (χ4n) is 2.46. The highest BCUT2D eigenvalue weighted by Gasteiger charge is 2.24. The molecule has 2 aromatic carbocycles. The molecule has 2 aromatic rings. The van der Waals surface area contributed by atoms with Crippen LogP contribution in [0.15, 0.2) is 56.8 Å². The Bertz CT molecular complexity index is 971. The predicted octanol–water partition coefficient (Wildman–Crippen LogP) is 3.77. The summed E-state index contributed by atoms with van der Waals surface area (Å²) in [5.41, 5.74) is 7.80. The summed E-state index contributed by atoms with van der Waals surface area (Å²) in [5.74, 6) is -0.351. The number of ether oxygens (including phenoxy) is 1. The highest BCUT2D eigenvalue weighted by Crippen LogP contribution is 2.32. The molecule has 3 N–H and O–H groups in total. The number of aryl methyl sites for hydroxylation is 1. The van der Waals surface area contributed by atoms with E-state index in [-0.39, 0.29) is 12.5 Å². The lowest BCUT2D eigenvalue weighted by Gasteiger charge is -2.08. The SMILES string of the molecule is CCc1ccc(N=C2NC(=O)C(=Cc3cc(Br)ccc3OCC(N)=O)S2)cc1. The number of hydrogen-bond acceptors (Lipinski definition) is 5. The Hall–Kier alpha value is -2.58. The van der Waals surface area contributed by atoms with Gasteiger partial charge in [0.1, 0.15) is 5.75 Å². The lowest BCUT2D eigenvalue weighted by atomic mass is 10.2. The van der Waals surface area contributed by atoms with Gasteiger partial charge in [0.25, 0.3) is 11.8 Å². The zero-order valence-electron chi connectivity index (χ0n) is 15.1. The average Bonchev–Trinajstić information content (AvgIpc) is 3.00. The minimum atomic E-state index is -0.571. The molecule has 1 fully saturated rings. The Morgan fingerprint density at radius 2 is 2.04 bits per heavy atom. The van der Waals surface area contributed by atoms with E-state index < -0.39 is 5.91 Å². The highest BCUT2D eigenvalue weighted by molar-refractivity contribution is 9.10. The molecule has 0 radical (unpaired) electrons. The fraction of sp³-hybridized carbons (Fsp3) is 0.150. The third-order valence-electron chi connectivity index (χ3n) is 3.85. The van der Waals surface area contributed by atoms with Gasteiger partial charge in [0.15, 0.2) is 11.8 Å². The van der Waals surface area contributed by atoms with Gasteiger partial charge < -0.3 is 15.8 Å². The summed E-state index contributed by atoms with van der Waals surface area (Å²) in [6.45, 7) is 1.85. The van der Waals surface area contributed by atoms with Crippen LogP contribution in [-0.2, 0) is 16.0 Å². The monoisotopic (exact) mass is 459 g/mol. The number of halogens is 1. The van der Waals surface area contributed by atoms with Crippen molar-refractivity contribution in [2.45, 2.75) is 13.3 Å². The summed E-state index contributed by atoms with van der Waals surface area (Å²) >= 11 is 4.65. The molecule has 1 saturated heterocycles. The summed E-state index contributed by atoms with van der Waals surface area (Å²) in [6.07, 6.45) is 2.66. The molecule has 0 saturated carbocycles. The Labute approximate surface area is 175 Å². The maximum atomic E-state index is 12.3. The first kappa shape index (κ1) is 20.2. The maximum Gasteiger partial charge on any atom is 0.264 e. The second-order valence-electron chi connectivity index (χ2n) is 5.94. The number of benzene rings is 2. The molecule has 1 heterocycles. The lowest BCUT2D eigenvalue weighted by Crippen LogP contribution is -2.20. The molecule has 1 aliphatic heterocycles. The van der Waals surface area contributed by atoms with Gasteiger partial charge in [-0.3, -0.25) is 9.59 Å². The van der Waals surface area contributed by atoms with Crippen LogP contribution in [0.3, 0.4) is 0 Å². The topological polar surface area (TPSA) is 93.8 Å².